The molecule has 38 heavy (non-hydrogen) atoms. The number of anilines is 2. The Morgan fingerprint density at radius 3 is 2.68 bits per heavy atom. The van der Waals surface area contributed by atoms with Crippen molar-refractivity contribution in [2.45, 2.75) is 19.8 Å². The van der Waals surface area contributed by atoms with Crippen molar-refractivity contribution in [2.24, 2.45) is 0 Å². The van der Waals surface area contributed by atoms with Crippen LogP contribution in [0.2, 0.25) is 0 Å². The van der Waals surface area contributed by atoms with E-state index >= 15 is 0 Å². The van der Waals surface area contributed by atoms with E-state index in [0.717, 1.165) is 29.8 Å². The Balaban J connectivity index is 0.00000420. The van der Waals surface area contributed by atoms with Gasteiger partial charge in [-0.3, -0.25) is 9.59 Å². The first-order valence-electron chi connectivity index (χ1n) is 12.5. The third-order valence-electron chi connectivity index (χ3n) is 6.29. The average Bonchev–Trinajstić information content (AvgIpc) is 3.34. The Hall–Kier alpha value is -4.18. The first-order chi connectivity index (χ1) is 18.3. The summed E-state index contributed by atoms with van der Waals surface area (Å²) < 4.78 is 11.2. The lowest BCUT2D eigenvalue weighted by molar-refractivity contribution is -0.131. The number of nitrogens with zero attached hydrogens (tertiary/aromatic N) is 5. The molecule has 2 aliphatic rings. The molecule has 0 saturated carbocycles. The third-order valence-corrected chi connectivity index (χ3v) is 6.29. The van der Waals surface area contributed by atoms with Crippen molar-refractivity contribution < 1.29 is 20.5 Å². The van der Waals surface area contributed by atoms with Crippen LogP contribution in [0.5, 0.6) is 5.88 Å². The smallest absolute Gasteiger partial charge is 0.241 e. The van der Waals surface area contributed by atoms with Gasteiger partial charge in [0, 0.05) is 32.0 Å². The lowest BCUT2D eigenvalue weighted by atomic mass is 10.1. The fraction of sp³-hybridized carbons (Fsp3) is 0.357. The van der Waals surface area contributed by atoms with Crippen molar-refractivity contribution >= 4 is 23.5 Å². The van der Waals surface area contributed by atoms with Crippen molar-refractivity contribution in [3.8, 4) is 17.0 Å². The van der Waals surface area contributed by atoms with E-state index in [1.807, 2.05) is 56.3 Å². The molecular formula is C28H36N6O4. The normalized spacial score (nSPS) is 17.3. The lowest BCUT2D eigenvalue weighted by Gasteiger charge is -2.32. The van der Waals surface area contributed by atoms with Gasteiger partial charge in [-0.2, -0.15) is 4.98 Å². The van der Waals surface area contributed by atoms with Crippen LogP contribution in [0.25, 0.3) is 11.1 Å². The molecule has 1 aromatic heterocycles. The predicted molar refractivity (Wildman–Crippen MR) is 149 cm³/mol. The van der Waals surface area contributed by atoms with E-state index in [9.17, 15) is 9.59 Å². The standard InChI is InChI=1S/C28H34N6O4.H2/c1-6-21(16-24-19(2)38-15-14-34(24)26(36)18-32(3)4)30-28-29-17-23(27(31-28)37-5)20-9-11-22(12-10-20)33-13-7-8-25(33)35;/h6,9-12,16-17H,2,7-8,13-15,18H2,1,3-5H3,(H,29,30,31);1H/b21-6+,24-16+;. The molecule has 1 N–H and O–H groups in total. The van der Waals surface area contributed by atoms with Gasteiger partial charge in [0.2, 0.25) is 23.6 Å². The summed E-state index contributed by atoms with van der Waals surface area (Å²) in [4.78, 5) is 39.2. The number of carbonyl (C=O) groups excluding carboxylic acids is 2. The highest BCUT2D eigenvalue weighted by Gasteiger charge is 2.26. The zero-order chi connectivity index (χ0) is 27.2. The van der Waals surface area contributed by atoms with Gasteiger partial charge in [-0.1, -0.05) is 24.8 Å². The maximum absolute atomic E-state index is 12.8. The number of allylic oxidation sites excluding steroid dienone is 2. The Morgan fingerprint density at radius 1 is 1.29 bits per heavy atom. The van der Waals surface area contributed by atoms with E-state index < -0.39 is 0 Å². The first-order valence-corrected chi connectivity index (χ1v) is 12.5. The molecule has 2 aliphatic heterocycles. The van der Waals surface area contributed by atoms with Gasteiger partial charge in [-0.05, 0) is 51.2 Å². The largest absolute Gasteiger partial charge is 0.490 e. The molecule has 0 spiro atoms. The molecule has 4 rings (SSSR count). The highest BCUT2D eigenvalue weighted by atomic mass is 16.5. The Bertz CT molecular complexity index is 1280. The number of benzene rings is 1. The van der Waals surface area contributed by atoms with Crippen LogP contribution in [0.15, 0.2) is 66.3 Å². The molecule has 202 valence electrons. The van der Waals surface area contributed by atoms with Crippen molar-refractivity contribution in [3.05, 3.63) is 66.3 Å². The van der Waals surface area contributed by atoms with Gasteiger partial charge in [0.05, 0.1) is 31.5 Å². The number of likely N-dealkylation sites (N-methyl/N-ethyl adjacent to an activating group) is 1. The van der Waals surface area contributed by atoms with Crippen LogP contribution < -0.4 is 15.0 Å². The van der Waals surface area contributed by atoms with Crippen molar-refractivity contribution in [3.63, 3.8) is 0 Å². The molecule has 0 unspecified atom stereocenters. The van der Waals surface area contributed by atoms with Crippen LogP contribution in [0.3, 0.4) is 0 Å². The maximum Gasteiger partial charge on any atom is 0.241 e. The second kappa shape index (κ2) is 11.9. The maximum atomic E-state index is 12.8. The first kappa shape index (κ1) is 26.9. The van der Waals surface area contributed by atoms with E-state index in [1.165, 1.54) is 0 Å². The molecule has 10 nitrogen and oxygen atoms in total. The molecule has 0 aliphatic carbocycles. The fourth-order valence-corrected chi connectivity index (χ4v) is 4.37. The van der Waals surface area contributed by atoms with Gasteiger partial charge in [0.15, 0.2) is 0 Å². The van der Waals surface area contributed by atoms with E-state index in [4.69, 9.17) is 9.47 Å². The number of nitrogens with one attached hydrogen (secondary N) is 1. The number of methoxy groups -OCH3 is 1. The SMILES string of the molecule is C=C1OCCN(C(=O)CN(C)C)/C1=C/C(=C\C)Nc1ncc(-c2ccc(N3CCCC3=O)cc2)c(OC)n1.[HH]. The number of hydrogen-bond donors (Lipinski definition) is 1. The summed E-state index contributed by atoms with van der Waals surface area (Å²) in [5, 5.41) is 3.19. The quantitative estimate of drug-likeness (QED) is 0.563. The molecule has 1 aromatic carbocycles. The number of aromatic nitrogens is 2. The summed E-state index contributed by atoms with van der Waals surface area (Å²) in [6, 6.07) is 7.73. The van der Waals surface area contributed by atoms with Crippen LogP contribution in [0, 0.1) is 0 Å². The van der Waals surface area contributed by atoms with Crippen LogP contribution in [-0.2, 0) is 14.3 Å². The van der Waals surface area contributed by atoms with E-state index in [1.54, 1.807) is 29.2 Å². The summed E-state index contributed by atoms with van der Waals surface area (Å²) >= 11 is 0. The van der Waals surface area contributed by atoms with Gasteiger partial charge < -0.3 is 29.5 Å². The van der Waals surface area contributed by atoms with E-state index in [0.29, 0.717) is 48.6 Å². The van der Waals surface area contributed by atoms with Crippen LogP contribution >= 0.6 is 0 Å². The number of ether oxygens (including phenoxy) is 2. The molecule has 2 amide bonds. The predicted octanol–water partition coefficient (Wildman–Crippen LogP) is 3.66. The van der Waals surface area contributed by atoms with Crippen LogP contribution in [0.1, 0.15) is 21.2 Å². The highest BCUT2D eigenvalue weighted by Crippen LogP contribution is 2.31. The van der Waals surface area contributed by atoms with Gasteiger partial charge >= 0.3 is 0 Å². The fourth-order valence-electron chi connectivity index (χ4n) is 4.37. The zero-order valence-electron chi connectivity index (χ0n) is 22.4. The number of morpholine rings is 1. The molecule has 3 heterocycles. The Labute approximate surface area is 224 Å². The minimum Gasteiger partial charge on any atom is -0.490 e. The van der Waals surface area contributed by atoms with E-state index in [2.05, 4.69) is 21.9 Å². The van der Waals surface area contributed by atoms with Crippen molar-refractivity contribution in [1.29, 1.82) is 0 Å². The molecule has 0 bridgehead atoms. The molecule has 0 atom stereocenters. The summed E-state index contributed by atoms with van der Waals surface area (Å²) in [5.41, 5.74) is 3.74. The Kier molecular flexibility index (Phi) is 8.42. The summed E-state index contributed by atoms with van der Waals surface area (Å²) in [7, 11) is 5.27. The minimum absolute atomic E-state index is 0. The second-order valence-electron chi connectivity index (χ2n) is 9.27. The monoisotopic (exact) mass is 520 g/mol. The summed E-state index contributed by atoms with van der Waals surface area (Å²) in [5.74, 6) is 1.28. The van der Waals surface area contributed by atoms with Crippen molar-refractivity contribution in [1.82, 2.24) is 19.8 Å². The highest BCUT2D eigenvalue weighted by molar-refractivity contribution is 5.95. The topological polar surface area (TPSA) is 100 Å². The third kappa shape index (κ3) is 6.03. The molecule has 0 radical (unpaired) electrons. The van der Waals surface area contributed by atoms with E-state index in [-0.39, 0.29) is 19.8 Å². The number of amides is 2. The van der Waals surface area contributed by atoms with Crippen LogP contribution in [0.4, 0.5) is 11.6 Å². The van der Waals surface area contributed by atoms with Crippen molar-refractivity contribution in [2.75, 3.05) is 57.7 Å². The molecule has 2 saturated heterocycles. The van der Waals surface area contributed by atoms with Gasteiger partial charge in [0.1, 0.15) is 12.4 Å². The minimum atomic E-state index is -0.0384. The molecule has 2 fully saturated rings. The van der Waals surface area contributed by atoms with Gasteiger partial charge in [-0.25, -0.2) is 4.98 Å². The summed E-state index contributed by atoms with van der Waals surface area (Å²) in [6.07, 6.45) is 6.82. The lowest BCUT2D eigenvalue weighted by Crippen LogP contribution is -2.42. The molecule has 10 heteroatoms. The molecular weight excluding hydrogens is 484 g/mol. The average molecular weight is 521 g/mol. The number of hydrogen-bond acceptors (Lipinski definition) is 8. The summed E-state index contributed by atoms with van der Waals surface area (Å²) in [6.45, 7) is 7.72. The number of carbonyl (C=O) groups is 2. The van der Waals surface area contributed by atoms with Gasteiger partial charge in [-0.15, -0.1) is 0 Å². The second-order valence-corrected chi connectivity index (χ2v) is 9.27. The zero-order valence-corrected chi connectivity index (χ0v) is 22.4. The Morgan fingerprint density at radius 2 is 2.05 bits per heavy atom. The number of rotatable bonds is 8. The van der Waals surface area contributed by atoms with Gasteiger partial charge in [0.25, 0.3) is 0 Å². The van der Waals surface area contributed by atoms with Crippen LogP contribution in [-0.4, -0.2) is 79.0 Å². The molecule has 2 aromatic rings.